The van der Waals surface area contributed by atoms with Gasteiger partial charge in [0.25, 0.3) is 0 Å². The normalized spacial score (nSPS) is 12.0. The Bertz CT molecular complexity index is 312. The summed E-state index contributed by atoms with van der Waals surface area (Å²) < 4.78 is 33.2. The highest BCUT2D eigenvalue weighted by atomic mass is 28.4. The van der Waals surface area contributed by atoms with Crippen molar-refractivity contribution in [3.8, 4) is 0 Å². The molecule has 0 bridgehead atoms. The number of ether oxygens (including phenoxy) is 5. The van der Waals surface area contributed by atoms with E-state index in [4.69, 9.17) is 28.1 Å². The molecule has 176 valence electrons. The SMILES string of the molecule is CCCCCCCCCOCCOCCOCCOCCOCCO[Si](C)(C)C. The first kappa shape index (κ1) is 29.0. The predicted octanol–water partition coefficient (Wildman–Crippen LogP) is 4.67. The van der Waals surface area contributed by atoms with Crippen molar-refractivity contribution in [1.29, 1.82) is 0 Å². The van der Waals surface area contributed by atoms with E-state index in [2.05, 4.69) is 26.6 Å². The third-order valence-corrected chi connectivity index (χ3v) is 5.21. The summed E-state index contributed by atoms with van der Waals surface area (Å²) >= 11 is 0. The van der Waals surface area contributed by atoms with Crippen LogP contribution in [0.4, 0.5) is 0 Å². The molecule has 0 atom stereocenters. The molecule has 0 spiro atoms. The maximum atomic E-state index is 5.71. The Labute approximate surface area is 181 Å². The van der Waals surface area contributed by atoms with Crippen LogP contribution in [0, 0.1) is 0 Å². The van der Waals surface area contributed by atoms with E-state index in [1.165, 1.54) is 38.5 Å². The Morgan fingerprint density at radius 2 is 0.759 bits per heavy atom. The molecule has 0 radical (unpaired) electrons. The van der Waals surface area contributed by atoms with E-state index < -0.39 is 8.32 Å². The van der Waals surface area contributed by atoms with Gasteiger partial charge in [0.15, 0.2) is 8.32 Å². The second kappa shape index (κ2) is 22.7. The molecule has 29 heavy (non-hydrogen) atoms. The second-order valence-corrected chi connectivity index (χ2v) is 12.7. The minimum Gasteiger partial charge on any atom is -0.415 e. The van der Waals surface area contributed by atoms with Crippen LogP contribution >= 0.6 is 0 Å². The second-order valence-electron chi connectivity index (χ2n) is 8.14. The molecule has 0 unspecified atom stereocenters. The first-order chi connectivity index (χ1) is 14.1. The maximum Gasteiger partial charge on any atom is 0.183 e. The Hall–Kier alpha value is -0.0231. The molecule has 7 heteroatoms. The first-order valence-corrected chi connectivity index (χ1v) is 15.0. The molecule has 0 aromatic carbocycles. The van der Waals surface area contributed by atoms with Gasteiger partial charge in [0.1, 0.15) is 0 Å². The summed E-state index contributed by atoms with van der Waals surface area (Å²) in [5.41, 5.74) is 0. The van der Waals surface area contributed by atoms with Gasteiger partial charge in [-0.05, 0) is 26.1 Å². The summed E-state index contributed by atoms with van der Waals surface area (Å²) in [7, 11) is -1.42. The zero-order valence-corrected chi connectivity index (χ0v) is 20.7. The van der Waals surface area contributed by atoms with E-state index in [0.717, 1.165) is 13.0 Å². The molecule has 0 saturated heterocycles. The predicted molar refractivity (Wildman–Crippen MR) is 121 cm³/mol. The van der Waals surface area contributed by atoms with Crippen molar-refractivity contribution < 1.29 is 28.1 Å². The lowest BCUT2D eigenvalue weighted by molar-refractivity contribution is -0.0130. The number of hydrogen-bond acceptors (Lipinski definition) is 6. The molecule has 0 amide bonds. The summed E-state index contributed by atoms with van der Waals surface area (Å²) in [6, 6.07) is 0. The lowest BCUT2D eigenvalue weighted by atomic mass is 10.1. The lowest BCUT2D eigenvalue weighted by Crippen LogP contribution is -2.27. The summed E-state index contributed by atoms with van der Waals surface area (Å²) in [5, 5.41) is 0. The highest BCUT2D eigenvalue weighted by Crippen LogP contribution is 2.06. The molecule has 0 saturated carbocycles. The van der Waals surface area contributed by atoms with E-state index in [1.54, 1.807) is 0 Å². The Morgan fingerprint density at radius 1 is 0.414 bits per heavy atom. The molecule has 0 N–H and O–H groups in total. The zero-order valence-electron chi connectivity index (χ0n) is 19.7. The van der Waals surface area contributed by atoms with Crippen molar-refractivity contribution in [2.75, 3.05) is 72.7 Å². The van der Waals surface area contributed by atoms with E-state index >= 15 is 0 Å². The van der Waals surface area contributed by atoms with Crippen LogP contribution in [-0.4, -0.2) is 81.0 Å². The minimum atomic E-state index is -1.42. The molecule has 0 aliphatic rings. The largest absolute Gasteiger partial charge is 0.415 e. The standard InChI is InChI=1S/C22H48O6Si/c1-5-6-7-8-9-10-11-12-23-13-14-24-15-16-25-17-18-26-19-20-27-21-22-28-29(2,3)4/h5-22H2,1-4H3. The van der Waals surface area contributed by atoms with E-state index in [9.17, 15) is 0 Å². The molecular formula is C22H48O6Si. The van der Waals surface area contributed by atoms with Gasteiger partial charge in [-0.25, -0.2) is 0 Å². The van der Waals surface area contributed by atoms with Crippen molar-refractivity contribution in [2.24, 2.45) is 0 Å². The van der Waals surface area contributed by atoms with E-state index in [0.29, 0.717) is 66.1 Å². The van der Waals surface area contributed by atoms with Crippen molar-refractivity contribution in [2.45, 2.75) is 71.5 Å². The third kappa shape index (κ3) is 28.0. The van der Waals surface area contributed by atoms with Gasteiger partial charge in [0.2, 0.25) is 0 Å². The van der Waals surface area contributed by atoms with Gasteiger partial charge in [-0.1, -0.05) is 45.4 Å². The zero-order chi connectivity index (χ0) is 21.5. The average molecular weight is 437 g/mol. The fourth-order valence-electron chi connectivity index (χ4n) is 2.55. The molecule has 0 heterocycles. The van der Waals surface area contributed by atoms with Gasteiger partial charge in [-0.15, -0.1) is 0 Å². The van der Waals surface area contributed by atoms with Crippen LogP contribution < -0.4 is 0 Å². The molecule has 0 rings (SSSR count). The highest BCUT2D eigenvalue weighted by Gasteiger charge is 2.12. The van der Waals surface area contributed by atoms with E-state index in [-0.39, 0.29) is 0 Å². The highest BCUT2D eigenvalue weighted by molar-refractivity contribution is 6.69. The smallest absolute Gasteiger partial charge is 0.183 e. The van der Waals surface area contributed by atoms with Crippen LogP contribution in [0.25, 0.3) is 0 Å². The quantitative estimate of drug-likeness (QED) is 0.162. The molecule has 0 fully saturated rings. The summed E-state index contributed by atoms with van der Waals surface area (Å²) in [5.74, 6) is 0. The first-order valence-electron chi connectivity index (χ1n) is 11.6. The minimum absolute atomic E-state index is 0.580. The lowest BCUT2D eigenvalue weighted by Gasteiger charge is -2.16. The van der Waals surface area contributed by atoms with Gasteiger partial charge in [0, 0.05) is 6.61 Å². The molecule has 0 aromatic heterocycles. The van der Waals surface area contributed by atoms with Gasteiger partial charge in [-0.3, -0.25) is 0 Å². The van der Waals surface area contributed by atoms with E-state index in [1.807, 2.05) is 0 Å². The summed E-state index contributed by atoms with van der Waals surface area (Å²) in [6.07, 6.45) is 9.20. The monoisotopic (exact) mass is 436 g/mol. The van der Waals surface area contributed by atoms with Crippen molar-refractivity contribution in [3.63, 3.8) is 0 Å². The van der Waals surface area contributed by atoms with Crippen molar-refractivity contribution in [3.05, 3.63) is 0 Å². The van der Waals surface area contributed by atoms with Gasteiger partial charge in [0.05, 0.1) is 66.1 Å². The molecule has 6 nitrogen and oxygen atoms in total. The molecule has 0 aliphatic carbocycles. The van der Waals surface area contributed by atoms with Gasteiger partial charge in [-0.2, -0.15) is 0 Å². The molecule has 0 aromatic rings. The Balaban J connectivity index is 3.02. The number of unbranched alkanes of at least 4 members (excludes halogenated alkanes) is 6. The molecular weight excluding hydrogens is 388 g/mol. The fraction of sp³-hybridized carbons (Fsp3) is 1.00. The van der Waals surface area contributed by atoms with Crippen LogP contribution in [0.5, 0.6) is 0 Å². The van der Waals surface area contributed by atoms with Crippen LogP contribution in [0.15, 0.2) is 0 Å². The molecule has 0 aliphatic heterocycles. The number of hydrogen-bond donors (Lipinski definition) is 0. The third-order valence-electron chi connectivity index (χ3n) is 4.14. The average Bonchev–Trinajstić information content (AvgIpc) is 2.67. The van der Waals surface area contributed by atoms with Crippen molar-refractivity contribution >= 4 is 8.32 Å². The van der Waals surface area contributed by atoms with Crippen LogP contribution in [0.1, 0.15) is 51.9 Å². The van der Waals surface area contributed by atoms with Crippen LogP contribution in [0.2, 0.25) is 19.6 Å². The van der Waals surface area contributed by atoms with Gasteiger partial charge < -0.3 is 28.1 Å². The van der Waals surface area contributed by atoms with Gasteiger partial charge >= 0.3 is 0 Å². The van der Waals surface area contributed by atoms with Crippen molar-refractivity contribution in [1.82, 2.24) is 0 Å². The Kier molecular flexibility index (Phi) is 22.6. The maximum absolute atomic E-state index is 5.71. The topological polar surface area (TPSA) is 55.4 Å². The Morgan fingerprint density at radius 3 is 1.17 bits per heavy atom. The van der Waals surface area contributed by atoms with Crippen LogP contribution in [-0.2, 0) is 28.1 Å². The van der Waals surface area contributed by atoms with Crippen LogP contribution in [0.3, 0.4) is 0 Å². The summed E-state index contributed by atoms with van der Waals surface area (Å²) in [6.45, 7) is 15.7. The summed E-state index contributed by atoms with van der Waals surface area (Å²) in [4.78, 5) is 0. The number of rotatable bonds is 24. The fourth-order valence-corrected chi connectivity index (χ4v) is 3.25.